The van der Waals surface area contributed by atoms with Gasteiger partial charge in [-0.2, -0.15) is 0 Å². The Morgan fingerprint density at radius 1 is 1.40 bits per heavy atom. The molecule has 0 spiro atoms. The van der Waals surface area contributed by atoms with E-state index >= 15 is 0 Å². The standard InChI is InChI=1S/C14H17N/c1-2-3-4-8-13-11-10-12-7-5-6-9-14(12)15-13/h7,9-11,13,15H,2-3,5-6H2,1H3/t13-/m1/s1. The zero-order chi connectivity index (χ0) is 10.5. The van der Waals surface area contributed by atoms with E-state index in [9.17, 15) is 0 Å². The molecule has 1 aliphatic heterocycles. The van der Waals surface area contributed by atoms with Gasteiger partial charge in [0.1, 0.15) is 6.04 Å². The Kier molecular flexibility index (Phi) is 3.29. The van der Waals surface area contributed by atoms with Gasteiger partial charge in [0.25, 0.3) is 0 Å². The summed E-state index contributed by atoms with van der Waals surface area (Å²) in [6.07, 6.45) is 13.3. The Morgan fingerprint density at radius 2 is 2.27 bits per heavy atom. The molecular weight excluding hydrogens is 182 g/mol. The summed E-state index contributed by atoms with van der Waals surface area (Å²) in [6, 6.07) is 0.207. The van der Waals surface area contributed by atoms with E-state index in [-0.39, 0.29) is 6.04 Å². The van der Waals surface area contributed by atoms with Crippen molar-refractivity contribution in [3.63, 3.8) is 0 Å². The van der Waals surface area contributed by atoms with Gasteiger partial charge in [-0.05, 0) is 30.9 Å². The number of rotatable bonds is 1. The molecule has 1 atom stereocenters. The number of fused-ring (bicyclic) bond motifs is 1. The van der Waals surface area contributed by atoms with Crippen molar-refractivity contribution in [2.45, 2.75) is 38.6 Å². The molecule has 0 amide bonds. The zero-order valence-corrected chi connectivity index (χ0v) is 9.22. The molecule has 2 aliphatic rings. The molecule has 0 aromatic heterocycles. The van der Waals surface area contributed by atoms with Crippen LogP contribution in [-0.2, 0) is 0 Å². The van der Waals surface area contributed by atoms with Crippen LogP contribution in [0.1, 0.15) is 32.6 Å². The summed E-state index contributed by atoms with van der Waals surface area (Å²) in [4.78, 5) is 0. The van der Waals surface area contributed by atoms with Crippen molar-refractivity contribution in [2.24, 2.45) is 0 Å². The molecule has 0 fully saturated rings. The van der Waals surface area contributed by atoms with Gasteiger partial charge < -0.3 is 5.32 Å². The lowest BCUT2D eigenvalue weighted by Gasteiger charge is -2.22. The second-order valence-electron chi connectivity index (χ2n) is 3.91. The van der Waals surface area contributed by atoms with Crippen LogP contribution in [0.15, 0.2) is 35.6 Å². The van der Waals surface area contributed by atoms with Gasteiger partial charge in [0.05, 0.1) is 0 Å². The quantitative estimate of drug-likeness (QED) is 0.640. The van der Waals surface area contributed by atoms with Gasteiger partial charge in [-0.15, -0.1) is 5.92 Å². The Morgan fingerprint density at radius 3 is 3.13 bits per heavy atom. The predicted molar refractivity (Wildman–Crippen MR) is 64.1 cm³/mol. The normalized spacial score (nSPS) is 22.9. The Hall–Kier alpha value is -1.42. The van der Waals surface area contributed by atoms with Crippen LogP contribution in [-0.4, -0.2) is 6.04 Å². The Balaban J connectivity index is 2.05. The van der Waals surface area contributed by atoms with E-state index < -0.39 is 0 Å². The molecule has 1 heterocycles. The first kappa shape index (κ1) is 10.1. The van der Waals surface area contributed by atoms with Crippen LogP contribution in [0, 0.1) is 11.8 Å². The van der Waals surface area contributed by atoms with Crippen LogP contribution in [0.4, 0.5) is 0 Å². The largest absolute Gasteiger partial charge is 0.368 e. The highest BCUT2D eigenvalue weighted by Crippen LogP contribution is 2.21. The second kappa shape index (κ2) is 4.89. The molecule has 1 aliphatic carbocycles. The van der Waals surface area contributed by atoms with Gasteiger partial charge in [-0.1, -0.05) is 31.1 Å². The predicted octanol–water partition coefficient (Wildman–Crippen LogP) is 2.92. The highest BCUT2D eigenvalue weighted by atomic mass is 14.9. The number of hydrogen-bond donors (Lipinski definition) is 1. The fourth-order valence-electron chi connectivity index (χ4n) is 1.80. The third-order valence-corrected chi connectivity index (χ3v) is 2.60. The van der Waals surface area contributed by atoms with Gasteiger partial charge in [-0.25, -0.2) is 0 Å². The maximum atomic E-state index is 3.45. The molecule has 0 aromatic carbocycles. The molecule has 78 valence electrons. The molecule has 0 radical (unpaired) electrons. The maximum Gasteiger partial charge on any atom is 0.107 e. The van der Waals surface area contributed by atoms with Crippen molar-refractivity contribution in [1.82, 2.24) is 5.32 Å². The first-order valence-electron chi connectivity index (χ1n) is 5.74. The molecule has 2 rings (SSSR count). The van der Waals surface area contributed by atoms with Crippen LogP contribution in [0.25, 0.3) is 0 Å². The molecule has 0 saturated heterocycles. The molecule has 0 bridgehead atoms. The summed E-state index contributed by atoms with van der Waals surface area (Å²) >= 11 is 0. The Labute approximate surface area is 92.0 Å². The van der Waals surface area contributed by atoms with Crippen LogP contribution in [0.2, 0.25) is 0 Å². The average Bonchev–Trinajstić information content (AvgIpc) is 2.29. The summed E-state index contributed by atoms with van der Waals surface area (Å²) in [5.41, 5.74) is 2.59. The van der Waals surface area contributed by atoms with Crippen LogP contribution < -0.4 is 5.32 Å². The van der Waals surface area contributed by atoms with E-state index in [2.05, 4.69) is 48.4 Å². The molecule has 1 N–H and O–H groups in total. The molecule has 0 saturated carbocycles. The third-order valence-electron chi connectivity index (χ3n) is 2.60. The topological polar surface area (TPSA) is 12.0 Å². The highest BCUT2D eigenvalue weighted by Gasteiger charge is 2.13. The summed E-state index contributed by atoms with van der Waals surface area (Å²) in [5.74, 6) is 6.43. The fraction of sp³-hybridized carbons (Fsp3) is 0.429. The number of unbranched alkanes of at least 4 members (excludes halogenated alkanes) is 1. The smallest absolute Gasteiger partial charge is 0.107 e. The van der Waals surface area contributed by atoms with Crippen LogP contribution in [0.3, 0.4) is 0 Å². The molecule has 15 heavy (non-hydrogen) atoms. The van der Waals surface area contributed by atoms with Gasteiger partial charge in [0, 0.05) is 12.1 Å². The van der Waals surface area contributed by atoms with Gasteiger partial charge in [0.2, 0.25) is 0 Å². The molecule has 0 unspecified atom stereocenters. The van der Waals surface area contributed by atoms with E-state index in [4.69, 9.17) is 0 Å². The van der Waals surface area contributed by atoms with E-state index in [0.29, 0.717) is 0 Å². The van der Waals surface area contributed by atoms with Crippen molar-refractivity contribution >= 4 is 0 Å². The summed E-state index contributed by atoms with van der Waals surface area (Å²) in [6.45, 7) is 2.16. The Bertz CT molecular complexity index is 374. The molecule has 1 heteroatoms. The van der Waals surface area contributed by atoms with Crippen molar-refractivity contribution in [3.05, 3.63) is 35.6 Å². The average molecular weight is 199 g/mol. The first-order valence-corrected chi connectivity index (χ1v) is 5.74. The minimum atomic E-state index is 0.207. The van der Waals surface area contributed by atoms with Gasteiger partial charge >= 0.3 is 0 Å². The van der Waals surface area contributed by atoms with E-state index in [1.165, 1.54) is 11.3 Å². The minimum absolute atomic E-state index is 0.207. The first-order chi connectivity index (χ1) is 7.40. The van der Waals surface area contributed by atoms with Gasteiger partial charge in [0.15, 0.2) is 0 Å². The zero-order valence-electron chi connectivity index (χ0n) is 9.22. The second-order valence-corrected chi connectivity index (χ2v) is 3.91. The lowest BCUT2D eigenvalue weighted by Crippen LogP contribution is -2.29. The lowest BCUT2D eigenvalue weighted by molar-refractivity contribution is 0.776. The minimum Gasteiger partial charge on any atom is -0.368 e. The van der Waals surface area contributed by atoms with Crippen molar-refractivity contribution < 1.29 is 0 Å². The number of nitrogens with one attached hydrogen (secondary N) is 1. The fourth-order valence-corrected chi connectivity index (χ4v) is 1.80. The van der Waals surface area contributed by atoms with E-state index in [1.807, 2.05) is 0 Å². The van der Waals surface area contributed by atoms with E-state index in [1.54, 1.807) is 0 Å². The van der Waals surface area contributed by atoms with Crippen molar-refractivity contribution in [2.75, 3.05) is 0 Å². The molecule has 0 aromatic rings. The SMILES string of the molecule is CCCC#C[C@@H]1C=CC2=CCCC=C2N1. The molecular formula is C14H17N. The maximum absolute atomic E-state index is 3.45. The monoisotopic (exact) mass is 199 g/mol. The number of allylic oxidation sites excluding steroid dienone is 3. The van der Waals surface area contributed by atoms with E-state index in [0.717, 1.165) is 25.7 Å². The van der Waals surface area contributed by atoms with Crippen molar-refractivity contribution in [1.29, 1.82) is 0 Å². The summed E-state index contributed by atoms with van der Waals surface area (Å²) < 4.78 is 0. The molecule has 1 nitrogen and oxygen atoms in total. The van der Waals surface area contributed by atoms with Gasteiger partial charge in [-0.3, -0.25) is 0 Å². The highest BCUT2D eigenvalue weighted by molar-refractivity contribution is 5.46. The summed E-state index contributed by atoms with van der Waals surface area (Å²) in [5, 5.41) is 3.45. The van der Waals surface area contributed by atoms with Crippen LogP contribution in [0.5, 0.6) is 0 Å². The third kappa shape index (κ3) is 2.53. The van der Waals surface area contributed by atoms with Crippen molar-refractivity contribution in [3.8, 4) is 11.8 Å². The number of hydrogen-bond acceptors (Lipinski definition) is 1. The summed E-state index contributed by atoms with van der Waals surface area (Å²) in [7, 11) is 0. The lowest BCUT2D eigenvalue weighted by atomic mass is 9.98. The van der Waals surface area contributed by atoms with Crippen LogP contribution >= 0.6 is 0 Å².